The SMILES string of the molecule is Cc1cc([C@H](O)C(F)(F)F)ncc1-c1cc2cnc(NCC(C)C)cc2cn1. The zero-order valence-corrected chi connectivity index (χ0v) is 15.7. The average molecular weight is 390 g/mol. The predicted molar refractivity (Wildman–Crippen MR) is 102 cm³/mol. The fourth-order valence-corrected chi connectivity index (χ4v) is 2.75. The molecule has 3 aromatic rings. The normalized spacial score (nSPS) is 13.1. The van der Waals surface area contributed by atoms with E-state index < -0.39 is 18.0 Å². The fraction of sp³-hybridized carbons (Fsp3) is 0.350. The summed E-state index contributed by atoms with van der Waals surface area (Å²) in [5.74, 6) is 1.26. The molecule has 0 radical (unpaired) electrons. The second-order valence-corrected chi connectivity index (χ2v) is 7.13. The molecule has 0 saturated carbocycles. The maximum absolute atomic E-state index is 12.7. The molecule has 8 heteroatoms. The highest BCUT2D eigenvalue weighted by atomic mass is 19.4. The van der Waals surface area contributed by atoms with Crippen molar-refractivity contribution in [2.24, 2.45) is 5.92 Å². The number of anilines is 1. The van der Waals surface area contributed by atoms with Crippen LogP contribution in [0.2, 0.25) is 0 Å². The topological polar surface area (TPSA) is 70.9 Å². The van der Waals surface area contributed by atoms with Gasteiger partial charge in [0.05, 0.1) is 11.4 Å². The van der Waals surface area contributed by atoms with Gasteiger partial charge in [-0.25, -0.2) is 4.98 Å². The Morgan fingerprint density at radius 1 is 1.00 bits per heavy atom. The standard InChI is InChI=1S/C20H21F3N4O/c1-11(2)7-26-18-6-14-8-24-16(5-13(14)9-27-18)15-10-25-17(4-12(15)3)19(28)20(21,22)23/h4-6,8-11,19,28H,7H2,1-3H3,(H,26,27)/t19-/m0/s1. The van der Waals surface area contributed by atoms with Crippen LogP contribution in [0.3, 0.4) is 0 Å². The van der Waals surface area contributed by atoms with Crippen LogP contribution in [0, 0.1) is 12.8 Å². The number of aliphatic hydroxyl groups excluding tert-OH is 1. The van der Waals surface area contributed by atoms with Gasteiger partial charge in [0.15, 0.2) is 6.10 Å². The van der Waals surface area contributed by atoms with E-state index in [0.29, 0.717) is 22.7 Å². The van der Waals surface area contributed by atoms with Crippen LogP contribution >= 0.6 is 0 Å². The van der Waals surface area contributed by atoms with Gasteiger partial charge in [0.2, 0.25) is 0 Å². The predicted octanol–water partition coefficient (Wildman–Crippen LogP) is 4.66. The summed E-state index contributed by atoms with van der Waals surface area (Å²) >= 11 is 0. The highest BCUT2D eigenvalue weighted by molar-refractivity contribution is 5.86. The summed E-state index contributed by atoms with van der Waals surface area (Å²) < 4.78 is 38.0. The molecular weight excluding hydrogens is 369 g/mol. The molecule has 0 amide bonds. The van der Waals surface area contributed by atoms with Gasteiger partial charge in [-0.2, -0.15) is 13.2 Å². The number of rotatable bonds is 5. The van der Waals surface area contributed by atoms with E-state index in [0.717, 1.165) is 23.1 Å². The maximum Gasteiger partial charge on any atom is 0.420 e. The Balaban J connectivity index is 1.90. The lowest BCUT2D eigenvalue weighted by molar-refractivity contribution is -0.207. The first-order valence-corrected chi connectivity index (χ1v) is 8.86. The largest absolute Gasteiger partial charge is 0.420 e. The maximum atomic E-state index is 12.7. The highest BCUT2D eigenvalue weighted by Crippen LogP contribution is 2.33. The number of alkyl halides is 3. The highest BCUT2D eigenvalue weighted by Gasteiger charge is 2.40. The van der Waals surface area contributed by atoms with Crippen LogP contribution in [-0.2, 0) is 0 Å². The zero-order chi connectivity index (χ0) is 20.5. The molecule has 5 nitrogen and oxygen atoms in total. The van der Waals surface area contributed by atoms with Crippen molar-refractivity contribution in [1.82, 2.24) is 15.0 Å². The Kier molecular flexibility index (Phi) is 5.51. The average Bonchev–Trinajstić information content (AvgIpc) is 2.64. The van der Waals surface area contributed by atoms with Crippen LogP contribution in [0.1, 0.15) is 31.2 Å². The Morgan fingerprint density at radius 2 is 1.68 bits per heavy atom. The second-order valence-electron chi connectivity index (χ2n) is 7.13. The van der Waals surface area contributed by atoms with Crippen molar-refractivity contribution in [3.05, 3.63) is 48.0 Å². The molecule has 0 aliphatic carbocycles. The van der Waals surface area contributed by atoms with Crippen LogP contribution in [-0.4, -0.2) is 32.8 Å². The van der Waals surface area contributed by atoms with E-state index in [1.54, 1.807) is 19.3 Å². The van der Waals surface area contributed by atoms with E-state index in [1.165, 1.54) is 12.3 Å². The molecule has 3 heterocycles. The molecule has 0 fully saturated rings. The number of aliphatic hydroxyl groups is 1. The van der Waals surface area contributed by atoms with E-state index in [1.807, 2.05) is 12.1 Å². The summed E-state index contributed by atoms with van der Waals surface area (Å²) in [6, 6.07) is 4.96. The molecule has 148 valence electrons. The molecule has 1 atom stereocenters. The Labute approximate surface area is 160 Å². The summed E-state index contributed by atoms with van der Waals surface area (Å²) in [6.45, 7) is 6.69. The minimum absolute atomic E-state index is 0.433. The van der Waals surface area contributed by atoms with Crippen LogP contribution in [0.15, 0.2) is 36.8 Å². The summed E-state index contributed by atoms with van der Waals surface area (Å²) in [5.41, 5.74) is 1.29. The molecule has 0 bridgehead atoms. The first-order chi connectivity index (χ1) is 13.1. The summed E-state index contributed by atoms with van der Waals surface area (Å²) in [7, 11) is 0. The minimum atomic E-state index is -4.75. The van der Waals surface area contributed by atoms with E-state index in [4.69, 9.17) is 0 Å². The lowest BCUT2D eigenvalue weighted by Gasteiger charge is -2.15. The molecule has 0 aromatic carbocycles. The molecule has 0 aliphatic rings. The second kappa shape index (κ2) is 7.71. The first-order valence-electron chi connectivity index (χ1n) is 8.86. The van der Waals surface area contributed by atoms with Crippen molar-refractivity contribution in [3.8, 4) is 11.3 Å². The van der Waals surface area contributed by atoms with E-state index in [9.17, 15) is 18.3 Å². The van der Waals surface area contributed by atoms with Gasteiger partial charge in [0, 0.05) is 41.5 Å². The van der Waals surface area contributed by atoms with Gasteiger partial charge in [-0.1, -0.05) is 13.8 Å². The molecule has 28 heavy (non-hydrogen) atoms. The third-order valence-corrected chi connectivity index (χ3v) is 4.29. The number of pyridine rings is 3. The van der Waals surface area contributed by atoms with Crippen LogP contribution in [0.25, 0.3) is 22.0 Å². The molecule has 3 aromatic heterocycles. The van der Waals surface area contributed by atoms with Gasteiger partial charge >= 0.3 is 6.18 Å². The van der Waals surface area contributed by atoms with Crippen molar-refractivity contribution in [2.75, 3.05) is 11.9 Å². The molecule has 0 saturated heterocycles. The number of hydrogen-bond acceptors (Lipinski definition) is 5. The summed E-state index contributed by atoms with van der Waals surface area (Å²) in [5, 5.41) is 14.4. The van der Waals surface area contributed by atoms with Crippen molar-refractivity contribution >= 4 is 16.6 Å². The third-order valence-electron chi connectivity index (χ3n) is 4.29. The quantitative estimate of drug-likeness (QED) is 0.663. The minimum Gasteiger partial charge on any atom is -0.378 e. The number of nitrogens with zero attached hydrogens (tertiary/aromatic N) is 3. The molecule has 0 unspecified atom stereocenters. The smallest absolute Gasteiger partial charge is 0.378 e. The van der Waals surface area contributed by atoms with E-state index in [-0.39, 0.29) is 0 Å². The Morgan fingerprint density at radius 3 is 2.32 bits per heavy atom. The Hall–Kier alpha value is -2.74. The van der Waals surface area contributed by atoms with Crippen molar-refractivity contribution < 1.29 is 18.3 Å². The number of aryl methyl sites for hydroxylation is 1. The van der Waals surface area contributed by atoms with Gasteiger partial charge in [-0.3, -0.25) is 9.97 Å². The number of halogens is 3. The summed E-state index contributed by atoms with van der Waals surface area (Å²) in [6.07, 6.45) is -2.63. The van der Waals surface area contributed by atoms with E-state index >= 15 is 0 Å². The molecule has 0 spiro atoms. The van der Waals surface area contributed by atoms with Crippen LogP contribution < -0.4 is 5.32 Å². The number of nitrogens with one attached hydrogen (secondary N) is 1. The van der Waals surface area contributed by atoms with Crippen molar-refractivity contribution in [2.45, 2.75) is 33.1 Å². The number of hydrogen-bond donors (Lipinski definition) is 2. The zero-order valence-electron chi connectivity index (χ0n) is 15.7. The molecular formula is C20H21F3N4O. The van der Waals surface area contributed by atoms with Gasteiger partial charge in [-0.15, -0.1) is 0 Å². The van der Waals surface area contributed by atoms with Gasteiger partial charge in [0.25, 0.3) is 0 Å². The molecule has 3 rings (SSSR count). The van der Waals surface area contributed by atoms with Gasteiger partial charge in [-0.05, 0) is 36.6 Å². The van der Waals surface area contributed by atoms with Gasteiger partial charge in [0.1, 0.15) is 5.82 Å². The molecule has 2 N–H and O–H groups in total. The van der Waals surface area contributed by atoms with E-state index in [2.05, 4.69) is 34.1 Å². The van der Waals surface area contributed by atoms with Crippen LogP contribution in [0.5, 0.6) is 0 Å². The van der Waals surface area contributed by atoms with Gasteiger partial charge < -0.3 is 10.4 Å². The lowest BCUT2D eigenvalue weighted by atomic mass is 10.0. The monoisotopic (exact) mass is 390 g/mol. The first kappa shape index (κ1) is 20.0. The summed E-state index contributed by atoms with van der Waals surface area (Å²) in [4.78, 5) is 12.6. The third kappa shape index (κ3) is 4.39. The molecule has 0 aliphatic heterocycles. The van der Waals surface area contributed by atoms with Crippen molar-refractivity contribution in [1.29, 1.82) is 0 Å². The lowest BCUT2D eigenvalue weighted by Crippen LogP contribution is -2.21. The number of aromatic nitrogens is 3. The Bertz CT molecular complexity index is 989. The van der Waals surface area contributed by atoms with Crippen LogP contribution in [0.4, 0.5) is 19.0 Å². The number of fused-ring (bicyclic) bond motifs is 1. The fourth-order valence-electron chi connectivity index (χ4n) is 2.75. The van der Waals surface area contributed by atoms with Crippen molar-refractivity contribution in [3.63, 3.8) is 0 Å².